The van der Waals surface area contributed by atoms with Gasteiger partial charge in [-0.2, -0.15) is 13.2 Å². The quantitative estimate of drug-likeness (QED) is 0.188. The van der Waals surface area contributed by atoms with Gasteiger partial charge in [0.2, 0.25) is 0 Å². The molecule has 1 unspecified atom stereocenters. The Balaban J connectivity index is 1.72. The molecule has 0 radical (unpaired) electrons. The highest BCUT2D eigenvalue weighted by atomic mass is 35.5. The standard InChI is InChI=1S/C27H28ClF4NO3S/c1-19(20-10-12-22(29)13-11-20)17-33(18-21-6-3-9-25(26(21)28)27(30,31)32)14-5-15-36-23-7-4-8-24(16-23)37(2,34)35/h3-4,6-13,16,19H,5,14-15,17-18H2,1-2H3. The lowest BCUT2D eigenvalue weighted by molar-refractivity contribution is -0.137. The molecule has 0 heterocycles. The smallest absolute Gasteiger partial charge is 0.417 e. The minimum Gasteiger partial charge on any atom is -0.494 e. The fourth-order valence-electron chi connectivity index (χ4n) is 3.95. The summed E-state index contributed by atoms with van der Waals surface area (Å²) in [6.45, 7) is 3.37. The molecule has 0 aliphatic heterocycles. The zero-order valence-corrected chi connectivity index (χ0v) is 22.0. The first-order valence-electron chi connectivity index (χ1n) is 11.6. The molecule has 1 atom stereocenters. The SMILES string of the molecule is CC(CN(CCCOc1cccc(S(C)(=O)=O)c1)Cc1cccc(C(F)(F)F)c1Cl)c1ccc(F)cc1. The lowest BCUT2D eigenvalue weighted by Gasteiger charge is -2.27. The number of rotatable bonds is 11. The Labute approximate surface area is 219 Å². The number of nitrogens with zero attached hydrogens (tertiary/aromatic N) is 1. The van der Waals surface area contributed by atoms with Gasteiger partial charge >= 0.3 is 6.18 Å². The molecule has 3 aromatic rings. The Kier molecular flexibility index (Phi) is 9.61. The molecule has 0 spiro atoms. The van der Waals surface area contributed by atoms with Gasteiger partial charge in [-0.3, -0.25) is 4.90 Å². The van der Waals surface area contributed by atoms with Gasteiger partial charge in [-0.15, -0.1) is 0 Å². The van der Waals surface area contributed by atoms with Crippen molar-refractivity contribution in [3.05, 3.63) is 94.3 Å². The molecule has 3 aromatic carbocycles. The molecule has 0 N–H and O–H groups in total. The molecule has 10 heteroatoms. The second kappa shape index (κ2) is 12.3. The van der Waals surface area contributed by atoms with Crippen LogP contribution in [0.4, 0.5) is 17.6 Å². The maximum Gasteiger partial charge on any atom is 0.417 e. The van der Waals surface area contributed by atoms with Crippen molar-refractivity contribution in [2.45, 2.75) is 36.9 Å². The van der Waals surface area contributed by atoms with Crippen LogP contribution in [0, 0.1) is 5.82 Å². The molecule has 0 saturated carbocycles. The zero-order chi connectivity index (χ0) is 27.2. The second-order valence-electron chi connectivity index (χ2n) is 8.91. The number of alkyl halides is 3. The predicted molar refractivity (Wildman–Crippen MR) is 136 cm³/mol. The van der Waals surface area contributed by atoms with Crippen LogP contribution in [0.25, 0.3) is 0 Å². The maximum absolute atomic E-state index is 13.4. The van der Waals surface area contributed by atoms with Gasteiger partial charge in [0.05, 0.1) is 22.1 Å². The summed E-state index contributed by atoms with van der Waals surface area (Å²) in [5, 5.41) is -0.330. The van der Waals surface area contributed by atoms with E-state index in [1.54, 1.807) is 30.3 Å². The van der Waals surface area contributed by atoms with Crippen molar-refractivity contribution < 1.29 is 30.7 Å². The third-order valence-electron chi connectivity index (χ3n) is 5.87. The molecule has 3 rings (SSSR count). The van der Waals surface area contributed by atoms with Crippen LogP contribution in [0.5, 0.6) is 5.75 Å². The fraction of sp³-hybridized carbons (Fsp3) is 0.333. The van der Waals surface area contributed by atoms with E-state index in [0.717, 1.165) is 17.9 Å². The van der Waals surface area contributed by atoms with Gasteiger partial charge in [-0.1, -0.05) is 48.9 Å². The molecular weight excluding hydrogens is 530 g/mol. The first-order valence-corrected chi connectivity index (χ1v) is 13.9. The second-order valence-corrected chi connectivity index (χ2v) is 11.3. The van der Waals surface area contributed by atoms with E-state index >= 15 is 0 Å². The fourth-order valence-corrected chi connectivity index (χ4v) is 4.90. The number of benzene rings is 3. The maximum atomic E-state index is 13.4. The van der Waals surface area contributed by atoms with Gasteiger partial charge in [0.1, 0.15) is 11.6 Å². The highest BCUT2D eigenvalue weighted by Gasteiger charge is 2.34. The van der Waals surface area contributed by atoms with Crippen molar-refractivity contribution in [2.24, 2.45) is 0 Å². The van der Waals surface area contributed by atoms with E-state index < -0.39 is 21.6 Å². The Morgan fingerprint density at radius 3 is 2.35 bits per heavy atom. The van der Waals surface area contributed by atoms with Crippen LogP contribution in [0.3, 0.4) is 0 Å². The monoisotopic (exact) mass is 557 g/mol. The summed E-state index contributed by atoms with van der Waals surface area (Å²) in [7, 11) is -3.37. The van der Waals surface area contributed by atoms with Gasteiger partial charge in [0, 0.05) is 25.9 Å². The normalized spacial score (nSPS) is 13.1. The van der Waals surface area contributed by atoms with E-state index in [2.05, 4.69) is 0 Å². The Hall–Kier alpha value is -2.62. The Bertz CT molecular complexity index is 1300. The van der Waals surface area contributed by atoms with Crippen LogP contribution in [-0.4, -0.2) is 39.3 Å². The molecule has 0 fully saturated rings. The number of ether oxygens (including phenoxy) is 1. The van der Waals surface area contributed by atoms with E-state index in [0.29, 0.717) is 30.8 Å². The van der Waals surface area contributed by atoms with E-state index in [1.807, 2.05) is 11.8 Å². The number of hydrogen-bond donors (Lipinski definition) is 0. The lowest BCUT2D eigenvalue weighted by Crippen LogP contribution is -2.30. The molecule has 0 amide bonds. The van der Waals surface area contributed by atoms with Crippen LogP contribution < -0.4 is 4.74 Å². The molecule has 0 aromatic heterocycles. The molecule has 4 nitrogen and oxygen atoms in total. The van der Waals surface area contributed by atoms with Crippen molar-refractivity contribution in [3.63, 3.8) is 0 Å². The molecule has 200 valence electrons. The number of halogens is 5. The third-order valence-corrected chi connectivity index (χ3v) is 7.43. The van der Waals surface area contributed by atoms with Crippen molar-refractivity contribution >= 4 is 21.4 Å². The summed E-state index contributed by atoms with van der Waals surface area (Å²) in [6.07, 6.45) is -2.92. The van der Waals surface area contributed by atoms with E-state index in [-0.39, 0.29) is 34.8 Å². The minimum atomic E-state index is -4.56. The van der Waals surface area contributed by atoms with E-state index in [1.165, 1.54) is 30.3 Å². The molecular formula is C27H28ClF4NO3S. The summed E-state index contributed by atoms with van der Waals surface area (Å²) >= 11 is 6.14. The highest BCUT2D eigenvalue weighted by Crippen LogP contribution is 2.36. The molecule has 0 aliphatic carbocycles. The Morgan fingerprint density at radius 2 is 1.70 bits per heavy atom. The molecule has 0 aliphatic rings. The van der Waals surface area contributed by atoms with Gasteiger partial charge in [0.15, 0.2) is 9.84 Å². The summed E-state index contributed by atoms with van der Waals surface area (Å²) in [6, 6.07) is 16.2. The first kappa shape index (κ1) is 28.9. The molecule has 37 heavy (non-hydrogen) atoms. The molecule has 0 saturated heterocycles. The predicted octanol–water partition coefficient (Wildman–Crippen LogP) is 6.98. The first-order chi connectivity index (χ1) is 17.3. The van der Waals surface area contributed by atoms with Crippen LogP contribution in [-0.2, 0) is 22.6 Å². The minimum absolute atomic E-state index is 0.0301. The van der Waals surface area contributed by atoms with Gasteiger partial charge in [0.25, 0.3) is 0 Å². The largest absolute Gasteiger partial charge is 0.494 e. The summed E-state index contributed by atoms with van der Waals surface area (Å²) in [5.74, 6) is 0.0354. The van der Waals surface area contributed by atoms with Crippen molar-refractivity contribution in [1.82, 2.24) is 4.90 Å². The summed E-state index contributed by atoms with van der Waals surface area (Å²) in [5.41, 5.74) is 0.368. The zero-order valence-electron chi connectivity index (χ0n) is 20.4. The third kappa shape index (κ3) is 8.45. The van der Waals surface area contributed by atoms with Crippen molar-refractivity contribution in [1.29, 1.82) is 0 Å². The van der Waals surface area contributed by atoms with Crippen LogP contribution in [0.15, 0.2) is 71.6 Å². The average molecular weight is 558 g/mol. The lowest BCUT2D eigenvalue weighted by atomic mass is 10.00. The summed E-state index contributed by atoms with van der Waals surface area (Å²) in [4.78, 5) is 2.13. The number of hydrogen-bond acceptors (Lipinski definition) is 4. The van der Waals surface area contributed by atoms with Gasteiger partial charge in [-0.25, -0.2) is 12.8 Å². The van der Waals surface area contributed by atoms with Crippen molar-refractivity contribution in [3.8, 4) is 5.75 Å². The molecule has 0 bridgehead atoms. The highest BCUT2D eigenvalue weighted by molar-refractivity contribution is 7.90. The Morgan fingerprint density at radius 1 is 1.03 bits per heavy atom. The van der Waals surface area contributed by atoms with Gasteiger partial charge < -0.3 is 4.74 Å². The average Bonchev–Trinajstić information content (AvgIpc) is 2.82. The van der Waals surface area contributed by atoms with E-state index in [9.17, 15) is 26.0 Å². The number of sulfone groups is 1. The summed E-state index contributed by atoms with van der Waals surface area (Å²) < 4.78 is 82.7. The van der Waals surface area contributed by atoms with E-state index in [4.69, 9.17) is 16.3 Å². The van der Waals surface area contributed by atoms with Crippen LogP contribution >= 0.6 is 11.6 Å². The van der Waals surface area contributed by atoms with Crippen molar-refractivity contribution in [2.75, 3.05) is 26.0 Å². The van der Waals surface area contributed by atoms with Crippen LogP contribution in [0.1, 0.15) is 36.0 Å². The van der Waals surface area contributed by atoms with Gasteiger partial charge in [-0.05, 0) is 59.9 Å². The van der Waals surface area contributed by atoms with Crippen LogP contribution in [0.2, 0.25) is 5.02 Å². The topological polar surface area (TPSA) is 46.6 Å².